The number of hydrogen-bond acceptors (Lipinski definition) is 1. The van der Waals surface area contributed by atoms with E-state index in [2.05, 4.69) is 18.8 Å². The lowest BCUT2D eigenvalue weighted by molar-refractivity contribution is 0.862. The van der Waals surface area contributed by atoms with Gasteiger partial charge in [-0.1, -0.05) is 48.7 Å². The van der Waals surface area contributed by atoms with Gasteiger partial charge in [-0.05, 0) is 29.7 Å². The first kappa shape index (κ1) is 12.0. The minimum Gasteiger partial charge on any atom is -0.236 e. The minimum atomic E-state index is 0.316. The van der Waals surface area contributed by atoms with E-state index in [-0.39, 0.29) is 0 Å². The fourth-order valence-electron chi connectivity index (χ4n) is 1.60. The van der Waals surface area contributed by atoms with Gasteiger partial charge in [-0.2, -0.15) is 0 Å². The van der Waals surface area contributed by atoms with Crippen LogP contribution in [-0.2, 0) is 0 Å². The van der Waals surface area contributed by atoms with Gasteiger partial charge in [0.05, 0.1) is 10.5 Å². The van der Waals surface area contributed by atoms with Gasteiger partial charge in [-0.25, -0.2) is 4.98 Å². The van der Waals surface area contributed by atoms with Gasteiger partial charge >= 0.3 is 0 Å². The summed E-state index contributed by atoms with van der Waals surface area (Å²) in [4.78, 5) is 4.32. The van der Waals surface area contributed by atoms with Crippen LogP contribution >= 0.6 is 34.8 Å². The summed E-state index contributed by atoms with van der Waals surface area (Å²) in [7, 11) is 0. The Hall–Kier alpha value is -0.500. The first-order valence-corrected chi connectivity index (χ1v) is 6.07. The van der Waals surface area contributed by atoms with Gasteiger partial charge < -0.3 is 0 Å². The maximum atomic E-state index is 6.12. The van der Waals surface area contributed by atoms with Crippen LogP contribution in [-0.4, -0.2) is 4.98 Å². The van der Waals surface area contributed by atoms with Gasteiger partial charge in [0.15, 0.2) is 0 Å². The van der Waals surface area contributed by atoms with E-state index in [9.17, 15) is 0 Å². The van der Waals surface area contributed by atoms with Crippen molar-refractivity contribution in [2.75, 3.05) is 0 Å². The molecule has 84 valence electrons. The highest BCUT2D eigenvalue weighted by Gasteiger charge is 2.11. The molecule has 0 radical (unpaired) electrons. The lowest BCUT2D eigenvalue weighted by Crippen LogP contribution is -1.93. The molecule has 4 heteroatoms. The van der Waals surface area contributed by atoms with Crippen LogP contribution in [0.5, 0.6) is 0 Å². The normalized spacial score (nSPS) is 11.4. The molecule has 0 bridgehead atoms. The molecular weight excluding hydrogens is 264 g/mol. The monoisotopic (exact) mass is 273 g/mol. The van der Waals surface area contributed by atoms with Crippen LogP contribution in [0, 0.1) is 0 Å². The standard InChI is InChI=1S/C12H10Cl3N/c1-6(2)8-5-9-10(14)3-7(13)4-11(9)16-12(8)15/h3-6H,1-2H3. The molecule has 0 amide bonds. The van der Waals surface area contributed by atoms with Gasteiger partial charge in [-0.15, -0.1) is 0 Å². The molecule has 0 saturated heterocycles. The van der Waals surface area contributed by atoms with Crippen molar-refractivity contribution in [2.45, 2.75) is 19.8 Å². The van der Waals surface area contributed by atoms with Crippen molar-refractivity contribution in [3.8, 4) is 0 Å². The third kappa shape index (κ3) is 2.13. The topological polar surface area (TPSA) is 12.9 Å². The molecule has 1 aromatic carbocycles. The number of benzene rings is 1. The molecule has 0 spiro atoms. The Labute approximate surface area is 109 Å². The maximum absolute atomic E-state index is 6.12. The average molecular weight is 275 g/mol. The van der Waals surface area contributed by atoms with E-state index in [1.54, 1.807) is 12.1 Å². The minimum absolute atomic E-state index is 0.316. The Morgan fingerprint density at radius 2 is 1.75 bits per heavy atom. The first-order valence-electron chi connectivity index (χ1n) is 4.94. The highest BCUT2D eigenvalue weighted by molar-refractivity contribution is 6.39. The summed E-state index contributed by atoms with van der Waals surface area (Å²) in [5, 5.41) is 2.58. The molecule has 0 aliphatic rings. The molecule has 0 aliphatic heterocycles. The Morgan fingerprint density at radius 1 is 1.06 bits per heavy atom. The Balaban J connectivity index is 2.79. The van der Waals surface area contributed by atoms with E-state index in [4.69, 9.17) is 34.8 Å². The van der Waals surface area contributed by atoms with Crippen molar-refractivity contribution in [1.29, 1.82) is 0 Å². The van der Waals surface area contributed by atoms with Crippen molar-refractivity contribution in [3.63, 3.8) is 0 Å². The third-order valence-corrected chi connectivity index (χ3v) is 3.28. The molecular formula is C12H10Cl3N. The van der Waals surface area contributed by atoms with E-state index in [1.807, 2.05) is 6.07 Å². The van der Waals surface area contributed by atoms with Gasteiger partial charge in [0, 0.05) is 10.4 Å². The van der Waals surface area contributed by atoms with E-state index in [0.29, 0.717) is 21.1 Å². The van der Waals surface area contributed by atoms with Crippen LogP contribution in [0.3, 0.4) is 0 Å². The zero-order valence-electron chi connectivity index (χ0n) is 8.89. The molecule has 0 N–H and O–H groups in total. The number of pyridine rings is 1. The predicted molar refractivity (Wildman–Crippen MR) is 70.9 cm³/mol. The molecule has 2 aromatic rings. The number of nitrogens with zero attached hydrogens (tertiary/aromatic N) is 1. The molecule has 1 heterocycles. The van der Waals surface area contributed by atoms with Gasteiger partial charge in [0.2, 0.25) is 0 Å². The predicted octanol–water partition coefficient (Wildman–Crippen LogP) is 5.32. The number of aromatic nitrogens is 1. The second-order valence-corrected chi connectivity index (χ2v) is 5.18. The van der Waals surface area contributed by atoms with Crippen LogP contribution in [0.4, 0.5) is 0 Å². The van der Waals surface area contributed by atoms with Crippen molar-refractivity contribution in [2.24, 2.45) is 0 Å². The largest absolute Gasteiger partial charge is 0.236 e. The second-order valence-electron chi connectivity index (χ2n) is 3.98. The molecule has 0 aliphatic carbocycles. The molecule has 1 aromatic heterocycles. The van der Waals surface area contributed by atoms with Crippen molar-refractivity contribution in [3.05, 3.63) is 39.0 Å². The molecule has 2 rings (SSSR count). The lowest BCUT2D eigenvalue weighted by Gasteiger charge is -2.10. The van der Waals surface area contributed by atoms with Gasteiger partial charge in [0.1, 0.15) is 5.15 Å². The summed E-state index contributed by atoms with van der Waals surface area (Å²) in [6.45, 7) is 4.14. The molecule has 1 nitrogen and oxygen atoms in total. The van der Waals surface area contributed by atoms with E-state index in [1.165, 1.54) is 0 Å². The summed E-state index contributed by atoms with van der Waals surface area (Å²) >= 11 is 18.1. The maximum Gasteiger partial charge on any atom is 0.133 e. The quantitative estimate of drug-likeness (QED) is 0.641. The fraction of sp³-hybridized carbons (Fsp3) is 0.250. The van der Waals surface area contributed by atoms with Gasteiger partial charge in [-0.3, -0.25) is 0 Å². The number of fused-ring (bicyclic) bond motifs is 1. The Kier molecular flexibility index (Phi) is 3.29. The number of hydrogen-bond donors (Lipinski definition) is 0. The highest BCUT2D eigenvalue weighted by Crippen LogP contribution is 2.32. The second kappa shape index (κ2) is 4.40. The third-order valence-electron chi connectivity index (χ3n) is 2.45. The summed E-state index contributed by atoms with van der Waals surface area (Å²) in [5.41, 5.74) is 1.73. The van der Waals surface area contributed by atoms with Crippen LogP contribution in [0.2, 0.25) is 15.2 Å². The van der Waals surface area contributed by atoms with Crippen LogP contribution in [0.15, 0.2) is 18.2 Å². The highest BCUT2D eigenvalue weighted by atomic mass is 35.5. The SMILES string of the molecule is CC(C)c1cc2c(Cl)cc(Cl)cc2nc1Cl. The zero-order valence-corrected chi connectivity index (χ0v) is 11.2. The fourth-order valence-corrected chi connectivity index (χ4v) is 2.50. The molecule has 0 fully saturated rings. The summed E-state index contributed by atoms with van der Waals surface area (Å²) in [6.07, 6.45) is 0. The molecule has 16 heavy (non-hydrogen) atoms. The number of halogens is 3. The van der Waals surface area contributed by atoms with Crippen molar-refractivity contribution in [1.82, 2.24) is 4.98 Å². The zero-order chi connectivity index (χ0) is 11.9. The smallest absolute Gasteiger partial charge is 0.133 e. The van der Waals surface area contributed by atoms with Crippen molar-refractivity contribution < 1.29 is 0 Å². The van der Waals surface area contributed by atoms with E-state index >= 15 is 0 Å². The number of rotatable bonds is 1. The van der Waals surface area contributed by atoms with Gasteiger partial charge in [0.25, 0.3) is 0 Å². The summed E-state index contributed by atoms with van der Waals surface area (Å²) in [5.74, 6) is 0.316. The Morgan fingerprint density at radius 3 is 2.38 bits per heavy atom. The van der Waals surface area contributed by atoms with E-state index < -0.39 is 0 Å². The van der Waals surface area contributed by atoms with Crippen molar-refractivity contribution >= 4 is 45.7 Å². The summed E-state index contributed by atoms with van der Waals surface area (Å²) < 4.78 is 0. The van der Waals surface area contributed by atoms with Crippen LogP contribution in [0.25, 0.3) is 10.9 Å². The van der Waals surface area contributed by atoms with E-state index in [0.717, 1.165) is 16.5 Å². The van der Waals surface area contributed by atoms with Crippen LogP contribution in [0.1, 0.15) is 25.3 Å². The molecule has 0 saturated carbocycles. The average Bonchev–Trinajstić information content (AvgIpc) is 2.15. The summed E-state index contributed by atoms with van der Waals surface area (Å²) in [6, 6.07) is 5.46. The first-order chi connectivity index (χ1) is 7.49. The lowest BCUT2D eigenvalue weighted by atomic mass is 10.0. The molecule has 0 unspecified atom stereocenters. The Bertz CT molecular complexity index is 549. The van der Waals surface area contributed by atoms with Crippen LogP contribution < -0.4 is 0 Å². The molecule has 0 atom stereocenters.